The second-order valence-electron chi connectivity index (χ2n) is 6.25. The summed E-state index contributed by atoms with van der Waals surface area (Å²) >= 11 is 0. The van der Waals surface area contributed by atoms with Crippen molar-refractivity contribution in [2.75, 3.05) is 7.05 Å². The van der Waals surface area contributed by atoms with Crippen LogP contribution < -0.4 is 5.73 Å². The smallest absolute Gasteiger partial charge is 0.170 e. The van der Waals surface area contributed by atoms with Gasteiger partial charge in [0.1, 0.15) is 5.82 Å². The molecule has 1 rings (SSSR count). The second-order valence-corrected chi connectivity index (χ2v) is 6.25. The van der Waals surface area contributed by atoms with Crippen molar-refractivity contribution in [3.63, 3.8) is 0 Å². The average Bonchev–Trinajstić information content (AvgIpc) is 2.38. The lowest BCUT2D eigenvalue weighted by Crippen LogP contribution is -2.39. The predicted octanol–water partition coefficient (Wildman–Crippen LogP) is 2.79. The van der Waals surface area contributed by atoms with E-state index >= 15 is 0 Å². The zero-order valence-corrected chi connectivity index (χ0v) is 12.8. The number of oxime groups is 1. The molecule has 0 bridgehead atoms. The van der Waals surface area contributed by atoms with Gasteiger partial charge in [0.25, 0.3) is 0 Å². The van der Waals surface area contributed by atoms with Crippen LogP contribution in [0.5, 0.6) is 0 Å². The molecule has 0 heterocycles. The summed E-state index contributed by atoms with van der Waals surface area (Å²) in [7, 11) is 1.98. The van der Waals surface area contributed by atoms with Crippen LogP contribution >= 0.6 is 0 Å². The van der Waals surface area contributed by atoms with Crippen LogP contribution in [0.1, 0.15) is 38.8 Å². The maximum Gasteiger partial charge on any atom is 0.170 e. The summed E-state index contributed by atoms with van der Waals surface area (Å²) in [5.41, 5.74) is 6.54. The average molecular weight is 281 g/mol. The fourth-order valence-corrected chi connectivity index (χ4v) is 1.96. The molecular formula is C15H24FN3O. The second kappa shape index (κ2) is 6.22. The number of halogens is 1. The Morgan fingerprint density at radius 2 is 2.05 bits per heavy atom. The van der Waals surface area contributed by atoms with Gasteiger partial charge < -0.3 is 10.9 Å². The first kappa shape index (κ1) is 16.4. The largest absolute Gasteiger partial charge is 0.409 e. The highest BCUT2D eigenvalue weighted by atomic mass is 19.1. The molecule has 0 aliphatic rings. The Morgan fingerprint density at radius 3 is 2.50 bits per heavy atom. The first-order valence-corrected chi connectivity index (χ1v) is 6.63. The number of rotatable bonds is 4. The van der Waals surface area contributed by atoms with Gasteiger partial charge in [-0.3, -0.25) is 4.90 Å². The van der Waals surface area contributed by atoms with E-state index < -0.39 is 0 Å². The van der Waals surface area contributed by atoms with Crippen LogP contribution in [0.2, 0.25) is 0 Å². The van der Waals surface area contributed by atoms with E-state index in [0.717, 1.165) is 0 Å². The molecule has 0 aromatic heterocycles. The number of nitrogens with two attached hydrogens (primary N) is 1. The van der Waals surface area contributed by atoms with E-state index in [2.05, 4.69) is 37.8 Å². The molecular weight excluding hydrogens is 257 g/mol. The van der Waals surface area contributed by atoms with E-state index in [1.807, 2.05) is 7.05 Å². The fourth-order valence-electron chi connectivity index (χ4n) is 1.96. The molecule has 20 heavy (non-hydrogen) atoms. The molecule has 0 spiro atoms. The summed E-state index contributed by atoms with van der Waals surface area (Å²) < 4.78 is 14.0. The summed E-state index contributed by atoms with van der Waals surface area (Å²) in [4.78, 5) is 2.11. The molecule has 1 aromatic rings. The lowest BCUT2D eigenvalue weighted by molar-refractivity contribution is 0.133. The molecule has 0 aliphatic carbocycles. The van der Waals surface area contributed by atoms with Gasteiger partial charge in [-0.05, 0) is 25.5 Å². The summed E-state index contributed by atoms with van der Waals surface area (Å²) in [5.74, 6) is -0.436. The topological polar surface area (TPSA) is 61.8 Å². The molecule has 1 aromatic carbocycles. The van der Waals surface area contributed by atoms with Crippen LogP contribution in [-0.2, 0) is 6.54 Å². The van der Waals surface area contributed by atoms with Crippen molar-refractivity contribution in [2.45, 2.75) is 40.3 Å². The van der Waals surface area contributed by atoms with Crippen molar-refractivity contribution in [2.24, 2.45) is 16.3 Å². The number of hydrogen-bond donors (Lipinski definition) is 2. The quantitative estimate of drug-likeness (QED) is 0.386. The first-order chi connectivity index (χ1) is 9.16. The first-order valence-electron chi connectivity index (χ1n) is 6.63. The molecule has 0 aliphatic heterocycles. The molecule has 0 radical (unpaired) electrons. The van der Waals surface area contributed by atoms with Gasteiger partial charge in [-0.1, -0.05) is 38.1 Å². The zero-order valence-electron chi connectivity index (χ0n) is 12.8. The molecule has 3 N–H and O–H groups in total. The maximum absolute atomic E-state index is 14.0. The standard InChI is InChI=1S/C15H24FN3O/c1-10(15(2,3)4)19(5)9-12-7-6-11(8-13(12)16)14(17)18-20/h6-8,10,20H,9H2,1-5H3,(H2,17,18). The van der Waals surface area contributed by atoms with Gasteiger partial charge >= 0.3 is 0 Å². The van der Waals surface area contributed by atoms with Gasteiger partial charge in [0, 0.05) is 23.7 Å². The molecule has 0 amide bonds. The van der Waals surface area contributed by atoms with Gasteiger partial charge in [-0.2, -0.15) is 0 Å². The van der Waals surface area contributed by atoms with Gasteiger partial charge in [-0.15, -0.1) is 0 Å². The monoisotopic (exact) mass is 281 g/mol. The lowest BCUT2D eigenvalue weighted by Gasteiger charge is -2.35. The van der Waals surface area contributed by atoms with Crippen molar-refractivity contribution >= 4 is 5.84 Å². The van der Waals surface area contributed by atoms with Gasteiger partial charge in [0.05, 0.1) is 0 Å². The van der Waals surface area contributed by atoms with E-state index in [4.69, 9.17) is 10.9 Å². The molecule has 5 heteroatoms. The highest BCUT2D eigenvalue weighted by Crippen LogP contribution is 2.24. The minimum Gasteiger partial charge on any atom is -0.409 e. The van der Waals surface area contributed by atoms with E-state index in [-0.39, 0.29) is 17.1 Å². The van der Waals surface area contributed by atoms with Crippen LogP contribution in [-0.4, -0.2) is 29.0 Å². The Hall–Kier alpha value is -1.62. The molecule has 1 unspecified atom stereocenters. The molecule has 0 saturated carbocycles. The lowest BCUT2D eigenvalue weighted by atomic mass is 9.87. The van der Waals surface area contributed by atoms with Crippen LogP contribution in [0.4, 0.5) is 4.39 Å². The number of amidine groups is 1. The van der Waals surface area contributed by atoms with Crippen molar-refractivity contribution in [1.29, 1.82) is 0 Å². The van der Waals surface area contributed by atoms with E-state index in [1.165, 1.54) is 6.07 Å². The maximum atomic E-state index is 14.0. The minimum absolute atomic E-state index is 0.0909. The zero-order chi connectivity index (χ0) is 15.5. The summed E-state index contributed by atoms with van der Waals surface area (Å²) in [6.07, 6.45) is 0. The Morgan fingerprint density at radius 1 is 1.45 bits per heavy atom. The van der Waals surface area contributed by atoms with Gasteiger partial charge in [0.2, 0.25) is 0 Å². The third-order valence-electron chi connectivity index (χ3n) is 3.79. The Balaban J connectivity index is 2.89. The van der Waals surface area contributed by atoms with Crippen molar-refractivity contribution < 1.29 is 9.60 Å². The van der Waals surface area contributed by atoms with Crippen LogP contribution in [0.3, 0.4) is 0 Å². The molecule has 0 saturated heterocycles. The molecule has 1 atom stereocenters. The van der Waals surface area contributed by atoms with Crippen molar-refractivity contribution in [3.8, 4) is 0 Å². The Bertz CT molecular complexity index is 494. The van der Waals surface area contributed by atoms with Crippen molar-refractivity contribution in [1.82, 2.24) is 4.90 Å². The predicted molar refractivity (Wildman–Crippen MR) is 79.3 cm³/mol. The third-order valence-corrected chi connectivity index (χ3v) is 3.79. The van der Waals surface area contributed by atoms with Gasteiger partial charge in [0.15, 0.2) is 5.84 Å². The third kappa shape index (κ3) is 3.93. The molecule has 0 fully saturated rings. The minimum atomic E-state index is -0.345. The Kier molecular flexibility index (Phi) is 5.11. The highest BCUT2D eigenvalue weighted by molar-refractivity contribution is 5.97. The summed E-state index contributed by atoms with van der Waals surface area (Å²) in [5, 5.41) is 11.5. The van der Waals surface area contributed by atoms with Crippen LogP contribution in [0.15, 0.2) is 23.4 Å². The normalized spacial score (nSPS) is 14.7. The number of benzene rings is 1. The SMILES string of the molecule is CC(N(C)Cc1ccc(C(N)=NO)cc1F)C(C)(C)C. The Labute approximate surface area is 120 Å². The molecule has 4 nitrogen and oxygen atoms in total. The molecule has 112 valence electrons. The van der Waals surface area contributed by atoms with E-state index in [0.29, 0.717) is 23.7 Å². The van der Waals surface area contributed by atoms with Crippen molar-refractivity contribution in [3.05, 3.63) is 35.1 Å². The van der Waals surface area contributed by atoms with E-state index in [9.17, 15) is 4.39 Å². The highest BCUT2D eigenvalue weighted by Gasteiger charge is 2.24. The summed E-state index contributed by atoms with van der Waals surface area (Å²) in [6.45, 7) is 9.12. The van der Waals surface area contributed by atoms with Crippen LogP contribution in [0.25, 0.3) is 0 Å². The fraction of sp³-hybridized carbons (Fsp3) is 0.533. The number of hydrogen-bond acceptors (Lipinski definition) is 3. The van der Waals surface area contributed by atoms with E-state index in [1.54, 1.807) is 12.1 Å². The van der Waals surface area contributed by atoms with Crippen LogP contribution in [0, 0.1) is 11.2 Å². The number of nitrogens with zero attached hydrogens (tertiary/aromatic N) is 2. The summed E-state index contributed by atoms with van der Waals surface area (Å²) in [6, 6.07) is 4.93. The van der Waals surface area contributed by atoms with Gasteiger partial charge in [-0.25, -0.2) is 4.39 Å².